The van der Waals surface area contributed by atoms with Crippen molar-refractivity contribution in [2.45, 2.75) is 214 Å². The topological polar surface area (TPSA) is 78.4 Å². The van der Waals surface area contributed by atoms with Gasteiger partial charge in [0.2, 0.25) is 0 Å². The first-order valence-electron chi connectivity index (χ1n) is 20.3. The molecule has 0 bridgehead atoms. The van der Waals surface area contributed by atoms with Crippen LogP contribution in [-0.4, -0.2) is 15.0 Å². The molecule has 5 heteroatoms. The Morgan fingerprint density at radius 3 is 1.47 bits per heavy atom. The summed E-state index contributed by atoms with van der Waals surface area (Å²) in [6.45, 7) is 16.2. The predicted octanol–water partition coefficient (Wildman–Crippen LogP) is 13.8. The quantitative estimate of drug-likeness (QED) is 0.0626. The summed E-state index contributed by atoms with van der Waals surface area (Å²) in [6, 6.07) is 4.12. The van der Waals surface area contributed by atoms with Crippen LogP contribution in [0.25, 0.3) is 0 Å². The second-order valence-corrected chi connectivity index (χ2v) is 16.1. The van der Waals surface area contributed by atoms with Gasteiger partial charge in [-0.25, -0.2) is 0 Å². The Balaban J connectivity index is 0.0000212. The van der Waals surface area contributed by atoms with Crippen LogP contribution in [0.4, 0.5) is 0 Å². The second kappa shape index (κ2) is 28.9. The van der Waals surface area contributed by atoms with Gasteiger partial charge in [-0.1, -0.05) is 183 Å². The Bertz CT molecular complexity index is 976. The van der Waals surface area contributed by atoms with Crippen LogP contribution in [0, 0.1) is 17.8 Å². The molecule has 0 saturated heterocycles. The number of unbranched alkanes of at least 4 members (excludes halogenated alkanes) is 12. The fourth-order valence-electron chi connectivity index (χ4n) is 7.10. The van der Waals surface area contributed by atoms with E-state index in [0.29, 0.717) is 29.3 Å². The van der Waals surface area contributed by atoms with E-state index in [0.717, 1.165) is 63.4 Å². The van der Waals surface area contributed by atoms with Crippen LogP contribution < -0.4 is 6.15 Å². The first-order chi connectivity index (χ1) is 22.3. The summed E-state index contributed by atoms with van der Waals surface area (Å²) in [5.41, 5.74) is 3.86. The third kappa shape index (κ3) is 19.2. The lowest BCUT2D eigenvalue weighted by atomic mass is 9.82. The van der Waals surface area contributed by atoms with Crippen LogP contribution in [0.2, 0.25) is 0 Å². The molecule has 3 N–H and O–H groups in total. The molecular formula is C42H81NO3S. The van der Waals surface area contributed by atoms with Crippen LogP contribution in [0.5, 0.6) is 0 Å². The lowest BCUT2D eigenvalue weighted by Crippen LogP contribution is -2.19. The minimum absolute atomic E-state index is 0. The van der Waals surface area contributed by atoms with Gasteiger partial charge in [0.05, 0.1) is 11.5 Å². The summed E-state index contributed by atoms with van der Waals surface area (Å²) in [6.07, 6.45) is 29.8. The Morgan fingerprint density at radius 2 is 0.979 bits per heavy atom. The molecule has 1 aromatic rings. The highest BCUT2D eigenvalue weighted by Crippen LogP contribution is 2.33. The van der Waals surface area contributed by atoms with Gasteiger partial charge in [0.25, 0.3) is 10.1 Å². The van der Waals surface area contributed by atoms with E-state index in [-0.39, 0.29) is 6.15 Å². The van der Waals surface area contributed by atoms with Crippen molar-refractivity contribution in [3.05, 3.63) is 28.8 Å². The van der Waals surface area contributed by atoms with Crippen molar-refractivity contribution in [3.63, 3.8) is 0 Å². The normalized spacial score (nSPS) is 13.8. The zero-order valence-electron chi connectivity index (χ0n) is 32.6. The lowest BCUT2D eigenvalue weighted by molar-refractivity contribution is 0.238. The van der Waals surface area contributed by atoms with Crippen LogP contribution in [0.1, 0.15) is 206 Å². The Labute approximate surface area is 295 Å². The van der Waals surface area contributed by atoms with E-state index >= 15 is 0 Å². The summed E-state index contributed by atoms with van der Waals surface area (Å²) in [7, 11) is -3.83. The van der Waals surface area contributed by atoms with E-state index in [1.54, 1.807) is 0 Å². The standard InChI is InChI=1S/C42H78O3S.H3N/c1-8-15-19-20-21-22-23-24-25-26-30-40-41(34-37(13-6)28-17-10-3)39(33-36(12-5)27-16-9-2)31-32-42(40)46(43,44)45-35-38(14-7)29-18-11-4;/h31-32,36-38H,8-30,33-35H2,1-7H3;1H3. The molecule has 0 spiro atoms. The van der Waals surface area contributed by atoms with E-state index in [9.17, 15) is 8.42 Å². The third-order valence-electron chi connectivity index (χ3n) is 10.6. The van der Waals surface area contributed by atoms with Gasteiger partial charge >= 0.3 is 0 Å². The van der Waals surface area contributed by atoms with Gasteiger partial charge in [-0.05, 0) is 72.6 Å². The number of hydrogen-bond acceptors (Lipinski definition) is 4. The van der Waals surface area contributed by atoms with Gasteiger partial charge < -0.3 is 6.15 Å². The molecule has 0 amide bonds. The monoisotopic (exact) mass is 680 g/mol. The fraction of sp³-hybridized carbons (Fsp3) is 0.857. The summed E-state index contributed by atoms with van der Waals surface area (Å²) in [5, 5.41) is 0. The molecule has 0 aromatic heterocycles. The highest BCUT2D eigenvalue weighted by atomic mass is 32.2. The summed E-state index contributed by atoms with van der Waals surface area (Å²) >= 11 is 0. The van der Waals surface area contributed by atoms with Crippen molar-refractivity contribution in [1.29, 1.82) is 0 Å². The predicted molar refractivity (Wildman–Crippen MR) is 207 cm³/mol. The molecule has 1 aromatic carbocycles. The van der Waals surface area contributed by atoms with Gasteiger partial charge in [-0.15, -0.1) is 0 Å². The van der Waals surface area contributed by atoms with Crippen LogP contribution in [0.3, 0.4) is 0 Å². The first kappa shape index (κ1) is 46.1. The average Bonchev–Trinajstić information content (AvgIpc) is 3.06. The SMILES string of the molecule is CCCCCCCCCCCCc1c(S(=O)(=O)OCC(CC)CCCC)ccc(CC(CC)CCCC)c1CC(CC)CCCC.N. The van der Waals surface area contributed by atoms with E-state index in [2.05, 4.69) is 54.5 Å². The Morgan fingerprint density at radius 1 is 0.532 bits per heavy atom. The fourth-order valence-corrected chi connectivity index (χ4v) is 8.36. The van der Waals surface area contributed by atoms with Crippen molar-refractivity contribution in [2.24, 2.45) is 17.8 Å². The molecule has 0 fully saturated rings. The van der Waals surface area contributed by atoms with Crippen molar-refractivity contribution in [2.75, 3.05) is 6.61 Å². The van der Waals surface area contributed by atoms with Crippen LogP contribution >= 0.6 is 0 Å². The highest BCUT2D eigenvalue weighted by molar-refractivity contribution is 7.86. The van der Waals surface area contributed by atoms with Crippen molar-refractivity contribution in [1.82, 2.24) is 6.15 Å². The largest absolute Gasteiger partial charge is 0.344 e. The average molecular weight is 680 g/mol. The lowest BCUT2D eigenvalue weighted by Gasteiger charge is -2.25. The molecule has 0 aliphatic heterocycles. The smallest absolute Gasteiger partial charge is 0.297 e. The van der Waals surface area contributed by atoms with Crippen molar-refractivity contribution in [3.8, 4) is 0 Å². The Hall–Kier alpha value is -0.910. The molecule has 0 saturated carbocycles. The molecule has 0 heterocycles. The zero-order chi connectivity index (χ0) is 34.0. The number of benzene rings is 1. The van der Waals surface area contributed by atoms with E-state index in [1.807, 2.05) is 6.07 Å². The number of hydrogen-bond donors (Lipinski definition) is 1. The molecular weight excluding hydrogens is 599 g/mol. The maximum absolute atomic E-state index is 14.0. The summed E-state index contributed by atoms with van der Waals surface area (Å²) in [5.74, 6) is 1.54. The third-order valence-corrected chi connectivity index (χ3v) is 12.0. The molecule has 3 atom stereocenters. The Kier molecular flexibility index (Phi) is 28.3. The number of rotatable bonds is 31. The van der Waals surface area contributed by atoms with E-state index in [4.69, 9.17) is 4.18 Å². The molecule has 1 rings (SSSR count). The maximum Gasteiger partial charge on any atom is 0.297 e. The second-order valence-electron chi connectivity index (χ2n) is 14.5. The molecule has 0 aliphatic rings. The molecule has 0 radical (unpaired) electrons. The zero-order valence-corrected chi connectivity index (χ0v) is 33.4. The highest BCUT2D eigenvalue weighted by Gasteiger charge is 2.26. The van der Waals surface area contributed by atoms with Crippen LogP contribution in [0.15, 0.2) is 17.0 Å². The molecule has 3 unspecified atom stereocenters. The van der Waals surface area contributed by atoms with E-state index < -0.39 is 10.1 Å². The minimum atomic E-state index is -3.83. The van der Waals surface area contributed by atoms with E-state index in [1.165, 1.54) is 114 Å². The summed E-state index contributed by atoms with van der Waals surface area (Å²) in [4.78, 5) is 0.472. The van der Waals surface area contributed by atoms with Crippen LogP contribution in [-0.2, 0) is 33.6 Å². The van der Waals surface area contributed by atoms with Gasteiger partial charge in [-0.2, -0.15) is 8.42 Å². The molecule has 0 aliphatic carbocycles. The van der Waals surface area contributed by atoms with Gasteiger partial charge in [0.15, 0.2) is 0 Å². The van der Waals surface area contributed by atoms with Crippen molar-refractivity contribution < 1.29 is 12.6 Å². The first-order valence-corrected chi connectivity index (χ1v) is 21.7. The van der Waals surface area contributed by atoms with Gasteiger partial charge in [0, 0.05) is 0 Å². The summed E-state index contributed by atoms with van der Waals surface area (Å²) < 4.78 is 34.0. The van der Waals surface area contributed by atoms with Gasteiger partial charge in [-0.3, -0.25) is 4.18 Å². The van der Waals surface area contributed by atoms with Gasteiger partial charge in [0.1, 0.15) is 0 Å². The maximum atomic E-state index is 14.0. The molecule has 47 heavy (non-hydrogen) atoms. The minimum Gasteiger partial charge on any atom is -0.344 e. The molecule has 278 valence electrons. The van der Waals surface area contributed by atoms with Crippen molar-refractivity contribution >= 4 is 10.1 Å². The molecule has 4 nitrogen and oxygen atoms in total.